The maximum atomic E-state index is 13.5. The van der Waals surface area contributed by atoms with E-state index in [1.165, 1.54) is 6.92 Å². The molecule has 0 saturated heterocycles. The molecule has 0 fully saturated rings. The third kappa shape index (κ3) is 5.93. The van der Waals surface area contributed by atoms with Gasteiger partial charge in [0.15, 0.2) is 0 Å². The van der Waals surface area contributed by atoms with Gasteiger partial charge >= 0.3 is 12.1 Å². The van der Waals surface area contributed by atoms with E-state index in [9.17, 15) is 27.5 Å². The summed E-state index contributed by atoms with van der Waals surface area (Å²) in [6, 6.07) is 6.80. The monoisotopic (exact) mass is 402 g/mol. The number of benzene rings is 1. The number of aromatic nitrogens is 1. The van der Waals surface area contributed by atoms with E-state index in [0.29, 0.717) is 11.4 Å². The van der Waals surface area contributed by atoms with Gasteiger partial charge in [-0.15, -0.1) is 0 Å². The Morgan fingerprint density at radius 2 is 1.89 bits per heavy atom. The summed E-state index contributed by atoms with van der Waals surface area (Å²) < 4.78 is 53.6. The van der Waals surface area contributed by atoms with E-state index in [4.69, 9.17) is 0 Å². The van der Waals surface area contributed by atoms with Crippen LogP contribution in [0.25, 0.3) is 0 Å². The first-order chi connectivity index (χ1) is 12.6. The van der Waals surface area contributed by atoms with Crippen molar-refractivity contribution in [3.05, 3.63) is 65.7 Å². The molecule has 2 N–H and O–H groups in total. The van der Waals surface area contributed by atoms with Crippen molar-refractivity contribution < 1.29 is 27.5 Å². The number of carboxylic acids is 1. The summed E-state index contributed by atoms with van der Waals surface area (Å²) in [5.74, 6) is -1.84. The molecule has 2 rings (SSSR count). The normalized spacial score (nSPS) is 15.1. The van der Waals surface area contributed by atoms with Crippen molar-refractivity contribution in [3.63, 3.8) is 0 Å². The molecule has 0 radical (unpaired) electrons. The summed E-state index contributed by atoms with van der Waals surface area (Å²) in [6.07, 6.45) is -3.17. The first-order valence-corrected chi connectivity index (χ1v) is 9.08. The van der Waals surface area contributed by atoms with Crippen LogP contribution < -0.4 is 5.32 Å². The van der Waals surface area contributed by atoms with E-state index in [-0.39, 0.29) is 11.3 Å². The summed E-state index contributed by atoms with van der Waals surface area (Å²) >= 11 is 1.16. The number of carboxylic acid groups (broad SMARTS) is 1. The van der Waals surface area contributed by atoms with E-state index in [1.807, 2.05) is 0 Å². The number of halogens is 4. The van der Waals surface area contributed by atoms with Crippen LogP contribution in [-0.4, -0.2) is 33.5 Å². The van der Waals surface area contributed by atoms with Gasteiger partial charge in [-0.05, 0) is 36.8 Å². The van der Waals surface area contributed by atoms with E-state index in [2.05, 4.69) is 10.3 Å². The number of hydrogen-bond donors (Lipinski definition) is 2. The van der Waals surface area contributed by atoms with Gasteiger partial charge < -0.3 is 5.11 Å². The molecule has 0 aliphatic carbocycles. The van der Waals surface area contributed by atoms with Crippen LogP contribution in [0, 0.1) is 5.82 Å². The topological polar surface area (TPSA) is 62.2 Å². The smallest absolute Gasteiger partial charge is 0.407 e. The number of nitrogens with one attached hydrogen (secondary N) is 1. The van der Waals surface area contributed by atoms with Crippen LogP contribution in [0.2, 0.25) is 0 Å². The number of nitrogens with zero attached hydrogens (tertiary/aromatic N) is 1. The van der Waals surface area contributed by atoms with E-state index >= 15 is 0 Å². The minimum atomic E-state index is -4.75. The van der Waals surface area contributed by atoms with Crippen molar-refractivity contribution in [2.45, 2.75) is 30.4 Å². The van der Waals surface area contributed by atoms with Crippen molar-refractivity contribution in [3.8, 4) is 0 Å². The fraction of sp³-hybridized carbons (Fsp3) is 0.333. The van der Waals surface area contributed by atoms with Gasteiger partial charge in [0.05, 0.1) is 5.69 Å². The van der Waals surface area contributed by atoms with Gasteiger partial charge in [0.1, 0.15) is 17.4 Å². The maximum absolute atomic E-state index is 13.5. The van der Waals surface area contributed by atoms with Crippen molar-refractivity contribution in [1.29, 1.82) is 0 Å². The first kappa shape index (κ1) is 21.2. The van der Waals surface area contributed by atoms with Crippen LogP contribution >= 0.6 is 11.8 Å². The molecule has 9 heteroatoms. The number of pyridine rings is 1. The lowest BCUT2D eigenvalue weighted by Gasteiger charge is -2.32. The first-order valence-electron chi connectivity index (χ1n) is 7.93. The molecule has 1 unspecified atom stereocenters. The minimum Gasteiger partial charge on any atom is -0.480 e. The fourth-order valence-electron chi connectivity index (χ4n) is 2.34. The molecule has 0 bridgehead atoms. The quantitative estimate of drug-likeness (QED) is 0.649. The molecule has 2 atom stereocenters. The lowest BCUT2D eigenvalue weighted by Crippen LogP contribution is -2.55. The Balaban J connectivity index is 2.16. The molecular formula is C18H18F4N2O2S. The van der Waals surface area contributed by atoms with E-state index < -0.39 is 29.5 Å². The third-order valence-corrected chi connectivity index (χ3v) is 5.11. The molecule has 0 spiro atoms. The molecule has 1 heterocycles. The van der Waals surface area contributed by atoms with Crippen molar-refractivity contribution in [2.75, 3.05) is 5.75 Å². The predicted octanol–water partition coefficient (Wildman–Crippen LogP) is 4.19. The Hall–Kier alpha value is -2.13. The highest BCUT2D eigenvalue weighted by Crippen LogP contribution is 2.35. The van der Waals surface area contributed by atoms with E-state index in [1.54, 1.807) is 24.4 Å². The highest BCUT2D eigenvalue weighted by atomic mass is 32.2. The lowest BCUT2D eigenvalue weighted by molar-refractivity contribution is -0.167. The Morgan fingerprint density at radius 3 is 2.41 bits per heavy atom. The summed E-state index contributed by atoms with van der Waals surface area (Å²) in [7, 11) is 0. The van der Waals surface area contributed by atoms with Crippen LogP contribution in [0.15, 0.2) is 48.7 Å². The van der Waals surface area contributed by atoms with E-state index in [0.717, 1.165) is 36.0 Å². The van der Waals surface area contributed by atoms with Gasteiger partial charge in [-0.1, -0.05) is 18.2 Å². The average molecular weight is 402 g/mol. The largest absolute Gasteiger partial charge is 0.480 e. The number of aliphatic carboxylic acids is 1. The summed E-state index contributed by atoms with van der Waals surface area (Å²) in [4.78, 5) is 15.8. The predicted molar refractivity (Wildman–Crippen MR) is 94.8 cm³/mol. The Morgan fingerprint density at radius 1 is 1.22 bits per heavy atom. The zero-order valence-electron chi connectivity index (χ0n) is 14.3. The second-order valence-electron chi connectivity index (χ2n) is 6.12. The second-order valence-corrected chi connectivity index (χ2v) is 7.11. The average Bonchev–Trinajstić information content (AvgIpc) is 2.60. The molecule has 0 saturated carbocycles. The molecule has 0 amide bonds. The second kappa shape index (κ2) is 8.71. The van der Waals surface area contributed by atoms with Crippen LogP contribution in [0.1, 0.15) is 24.2 Å². The molecule has 0 aliphatic rings. The van der Waals surface area contributed by atoms with Gasteiger partial charge in [-0.2, -0.15) is 24.9 Å². The highest BCUT2D eigenvalue weighted by Gasteiger charge is 2.46. The summed E-state index contributed by atoms with van der Waals surface area (Å²) in [6.45, 7) is 1.20. The molecule has 146 valence electrons. The van der Waals surface area contributed by atoms with Crippen LogP contribution in [0.4, 0.5) is 17.6 Å². The van der Waals surface area contributed by atoms with Gasteiger partial charge in [-0.3, -0.25) is 15.1 Å². The number of alkyl halides is 3. The molecule has 0 aliphatic heterocycles. The summed E-state index contributed by atoms with van der Waals surface area (Å²) in [5.41, 5.74) is -1.42. The highest BCUT2D eigenvalue weighted by molar-refractivity contribution is 7.98. The Kier molecular flexibility index (Phi) is 6.83. The standard InChI is InChI=1S/C18H18F4N2O2S/c1-17(16(25)26,11-27-10-14-4-2-3-9-23-14)24-15(18(20,21)22)12-5-7-13(19)8-6-12/h2-9,15,24H,10-11H2,1H3,(H,25,26)/t15?,17-/m0/s1. The zero-order chi connectivity index (χ0) is 20.1. The van der Waals surface area contributed by atoms with Crippen LogP contribution in [0.3, 0.4) is 0 Å². The number of hydrogen-bond acceptors (Lipinski definition) is 4. The fourth-order valence-corrected chi connectivity index (χ4v) is 3.43. The number of thioether (sulfide) groups is 1. The number of rotatable bonds is 8. The van der Waals surface area contributed by atoms with Gasteiger partial charge in [0.25, 0.3) is 0 Å². The van der Waals surface area contributed by atoms with Crippen LogP contribution in [-0.2, 0) is 10.5 Å². The maximum Gasteiger partial charge on any atom is 0.407 e. The van der Waals surface area contributed by atoms with Gasteiger partial charge in [0.2, 0.25) is 0 Å². The lowest BCUT2D eigenvalue weighted by atomic mass is 9.99. The summed E-state index contributed by atoms with van der Waals surface area (Å²) in [5, 5.41) is 11.7. The molecule has 27 heavy (non-hydrogen) atoms. The van der Waals surface area contributed by atoms with Gasteiger partial charge in [-0.25, -0.2) is 4.39 Å². The number of carbonyl (C=O) groups is 1. The Labute approximate surface area is 158 Å². The van der Waals surface area contributed by atoms with Crippen molar-refractivity contribution in [1.82, 2.24) is 10.3 Å². The van der Waals surface area contributed by atoms with Gasteiger partial charge in [0, 0.05) is 17.7 Å². The molecular weight excluding hydrogens is 384 g/mol. The van der Waals surface area contributed by atoms with Crippen molar-refractivity contribution in [2.24, 2.45) is 0 Å². The molecule has 1 aromatic heterocycles. The minimum absolute atomic E-state index is 0.118. The van der Waals surface area contributed by atoms with Crippen LogP contribution in [0.5, 0.6) is 0 Å². The zero-order valence-corrected chi connectivity index (χ0v) is 15.1. The SMILES string of the molecule is C[C@@](CSCc1ccccn1)(NC(c1ccc(F)cc1)C(F)(F)F)C(=O)O. The Bertz CT molecular complexity index is 756. The third-order valence-electron chi connectivity index (χ3n) is 3.83. The van der Waals surface area contributed by atoms with Crippen molar-refractivity contribution >= 4 is 17.7 Å². The molecule has 2 aromatic rings. The molecule has 4 nitrogen and oxygen atoms in total. The molecule has 1 aromatic carbocycles.